The molecular formula is C19H28N2. The fourth-order valence-electron chi connectivity index (χ4n) is 3.99. The van der Waals surface area contributed by atoms with Crippen molar-refractivity contribution in [2.24, 2.45) is 13.0 Å². The van der Waals surface area contributed by atoms with E-state index >= 15 is 0 Å². The summed E-state index contributed by atoms with van der Waals surface area (Å²) in [6.07, 6.45) is 10.7. The molecule has 2 nitrogen and oxygen atoms in total. The monoisotopic (exact) mass is 284 g/mol. The number of rotatable bonds is 5. The Morgan fingerprint density at radius 2 is 1.95 bits per heavy atom. The van der Waals surface area contributed by atoms with E-state index < -0.39 is 0 Å². The predicted octanol–water partition coefficient (Wildman–Crippen LogP) is 4.63. The molecule has 21 heavy (non-hydrogen) atoms. The number of nitrogens with zero attached hydrogens (tertiary/aromatic N) is 1. The molecule has 0 amide bonds. The number of aryl methyl sites for hydroxylation is 1. The Morgan fingerprint density at radius 1 is 1.19 bits per heavy atom. The van der Waals surface area contributed by atoms with Gasteiger partial charge in [-0.2, -0.15) is 0 Å². The second-order valence-electron chi connectivity index (χ2n) is 6.58. The van der Waals surface area contributed by atoms with E-state index in [0.717, 1.165) is 12.5 Å². The summed E-state index contributed by atoms with van der Waals surface area (Å²) in [6, 6.07) is 9.40. The van der Waals surface area contributed by atoms with Gasteiger partial charge in [0, 0.05) is 36.7 Å². The Hall–Kier alpha value is -1.28. The van der Waals surface area contributed by atoms with Crippen molar-refractivity contribution in [2.45, 2.75) is 58.0 Å². The molecule has 1 aromatic heterocycles. The molecule has 1 aliphatic carbocycles. The Balaban J connectivity index is 1.70. The molecule has 3 rings (SSSR count). The fourth-order valence-corrected chi connectivity index (χ4v) is 3.99. The number of hydrogen-bond donors (Lipinski definition) is 1. The quantitative estimate of drug-likeness (QED) is 0.847. The summed E-state index contributed by atoms with van der Waals surface area (Å²) in [6.45, 7) is 3.33. The second kappa shape index (κ2) is 6.65. The molecule has 1 atom stereocenters. The SMILES string of the molecule is CCC(NCc1cn(C)c2ccccc12)C1CCCCC1. The zero-order valence-electron chi connectivity index (χ0n) is 13.4. The molecule has 1 aromatic carbocycles. The van der Waals surface area contributed by atoms with Gasteiger partial charge in [-0.3, -0.25) is 0 Å². The van der Waals surface area contributed by atoms with Gasteiger partial charge in [0.15, 0.2) is 0 Å². The highest BCUT2D eigenvalue weighted by Gasteiger charge is 2.22. The van der Waals surface area contributed by atoms with Gasteiger partial charge in [-0.15, -0.1) is 0 Å². The standard InChI is InChI=1S/C19H28N2/c1-3-18(15-9-5-4-6-10-15)20-13-16-14-21(2)19-12-8-7-11-17(16)19/h7-8,11-12,14-15,18,20H,3-6,9-10,13H2,1-2H3. The summed E-state index contributed by atoms with van der Waals surface area (Å²) in [5, 5.41) is 5.24. The van der Waals surface area contributed by atoms with Crippen LogP contribution >= 0.6 is 0 Å². The molecule has 2 heteroatoms. The number of para-hydroxylation sites is 1. The van der Waals surface area contributed by atoms with E-state index in [1.165, 1.54) is 55.0 Å². The van der Waals surface area contributed by atoms with E-state index in [4.69, 9.17) is 0 Å². The zero-order valence-corrected chi connectivity index (χ0v) is 13.4. The fraction of sp³-hybridized carbons (Fsp3) is 0.579. The van der Waals surface area contributed by atoms with Gasteiger partial charge in [-0.25, -0.2) is 0 Å². The minimum absolute atomic E-state index is 0.685. The van der Waals surface area contributed by atoms with Gasteiger partial charge in [-0.05, 0) is 36.8 Å². The highest BCUT2D eigenvalue weighted by Crippen LogP contribution is 2.28. The van der Waals surface area contributed by atoms with Crippen LogP contribution in [-0.2, 0) is 13.6 Å². The third-order valence-corrected chi connectivity index (χ3v) is 5.19. The van der Waals surface area contributed by atoms with Crippen molar-refractivity contribution in [3.63, 3.8) is 0 Å². The molecule has 1 fully saturated rings. The first-order valence-corrected chi connectivity index (χ1v) is 8.56. The van der Waals surface area contributed by atoms with Gasteiger partial charge in [-0.1, -0.05) is 44.4 Å². The van der Waals surface area contributed by atoms with Crippen LogP contribution in [0.3, 0.4) is 0 Å². The van der Waals surface area contributed by atoms with Crippen LogP contribution in [-0.4, -0.2) is 10.6 Å². The third-order valence-electron chi connectivity index (χ3n) is 5.19. The number of fused-ring (bicyclic) bond motifs is 1. The number of aromatic nitrogens is 1. The maximum Gasteiger partial charge on any atom is 0.0481 e. The van der Waals surface area contributed by atoms with E-state index in [9.17, 15) is 0 Å². The summed E-state index contributed by atoms with van der Waals surface area (Å²) in [7, 11) is 2.14. The van der Waals surface area contributed by atoms with E-state index in [1.807, 2.05) is 0 Å². The van der Waals surface area contributed by atoms with Crippen molar-refractivity contribution in [1.29, 1.82) is 0 Å². The van der Waals surface area contributed by atoms with Gasteiger partial charge in [0.25, 0.3) is 0 Å². The molecule has 1 unspecified atom stereocenters. The van der Waals surface area contributed by atoms with Crippen molar-refractivity contribution in [2.75, 3.05) is 0 Å². The molecule has 0 saturated heterocycles. The predicted molar refractivity (Wildman–Crippen MR) is 90.4 cm³/mol. The lowest BCUT2D eigenvalue weighted by Gasteiger charge is -2.30. The summed E-state index contributed by atoms with van der Waals surface area (Å²) in [5.74, 6) is 0.888. The van der Waals surface area contributed by atoms with Crippen LogP contribution in [0.25, 0.3) is 10.9 Å². The average Bonchev–Trinajstić information content (AvgIpc) is 2.86. The molecule has 0 spiro atoms. The van der Waals surface area contributed by atoms with Gasteiger partial charge in [0.1, 0.15) is 0 Å². The van der Waals surface area contributed by atoms with Crippen molar-refractivity contribution < 1.29 is 0 Å². The molecule has 2 aromatic rings. The summed E-state index contributed by atoms with van der Waals surface area (Å²) < 4.78 is 2.24. The van der Waals surface area contributed by atoms with Crippen LogP contribution in [0.2, 0.25) is 0 Å². The lowest BCUT2D eigenvalue weighted by Crippen LogP contribution is -2.36. The Bertz CT molecular complexity index is 578. The number of hydrogen-bond acceptors (Lipinski definition) is 1. The van der Waals surface area contributed by atoms with Gasteiger partial charge in [0.05, 0.1) is 0 Å². The molecule has 1 heterocycles. The molecule has 1 N–H and O–H groups in total. The van der Waals surface area contributed by atoms with Crippen LogP contribution < -0.4 is 5.32 Å². The zero-order chi connectivity index (χ0) is 14.7. The second-order valence-corrected chi connectivity index (χ2v) is 6.58. The normalized spacial score (nSPS) is 18.2. The first kappa shape index (κ1) is 14.6. The highest BCUT2D eigenvalue weighted by molar-refractivity contribution is 5.83. The molecule has 114 valence electrons. The highest BCUT2D eigenvalue weighted by atomic mass is 14.9. The van der Waals surface area contributed by atoms with Crippen molar-refractivity contribution in [1.82, 2.24) is 9.88 Å². The first-order chi connectivity index (χ1) is 10.3. The van der Waals surface area contributed by atoms with Gasteiger partial charge < -0.3 is 9.88 Å². The Kier molecular flexibility index (Phi) is 4.64. The van der Waals surface area contributed by atoms with Gasteiger partial charge in [0.2, 0.25) is 0 Å². The molecule has 1 saturated carbocycles. The minimum Gasteiger partial charge on any atom is -0.350 e. The lowest BCUT2D eigenvalue weighted by atomic mass is 9.83. The lowest BCUT2D eigenvalue weighted by molar-refractivity contribution is 0.262. The Labute approximate surface area is 128 Å². The van der Waals surface area contributed by atoms with Crippen LogP contribution in [0.4, 0.5) is 0 Å². The van der Waals surface area contributed by atoms with Crippen LogP contribution in [0.15, 0.2) is 30.5 Å². The molecule has 1 aliphatic rings. The van der Waals surface area contributed by atoms with Crippen molar-refractivity contribution >= 4 is 10.9 Å². The van der Waals surface area contributed by atoms with E-state index in [0.29, 0.717) is 6.04 Å². The van der Waals surface area contributed by atoms with Crippen molar-refractivity contribution in [3.8, 4) is 0 Å². The van der Waals surface area contributed by atoms with Crippen LogP contribution in [0.5, 0.6) is 0 Å². The van der Waals surface area contributed by atoms with E-state index in [1.54, 1.807) is 0 Å². The molecule has 0 bridgehead atoms. The van der Waals surface area contributed by atoms with Crippen LogP contribution in [0, 0.1) is 5.92 Å². The first-order valence-electron chi connectivity index (χ1n) is 8.56. The summed E-state index contributed by atoms with van der Waals surface area (Å²) in [4.78, 5) is 0. The van der Waals surface area contributed by atoms with E-state index in [2.05, 4.69) is 54.3 Å². The van der Waals surface area contributed by atoms with Crippen molar-refractivity contribution in [3.05, 3.63) is 36.0 Å². The third kappa shape index (κ3) is 3.16. The minimum atomic E-state index is 0.685. The van der Waals surface area contributed by atoms with Gasteiger partial charge >= 0.3 is 0 Å². The van der Waals surface area contributed by atoms with Crippen LogP contribution in [0.1, 0.15) is 51.0 Å². The molecular weight excluding hydrogens is 256 g/mol. The maximum absolute atomic E-state index is 3.85. The Morgan fingerprint density at radius 3 is 2.71 bits per heavy atom. The number of nitrogens with one attached hydrogen (secondary N) is 1. The summed E-state index contributed by atoms with van der Waals surface area (Å²) in [5.41, 5.74) is 2.77. The smallest absolute Gasteiger partial charge is 0.0481 e. The topological polar surface area (TPSA) is 17.0 Å². The summed E-state index contributed by atoms with van der Waals surface area (Å²) >= 11 is 0. The maximum atomic E-state index is 3.85. The molecule has 0 aliphatic heterocycles. The largest absolute Gasteiger partial charge is 0.350 e. The average molecular weight is 284 g/mol. The number of benzene rings is 1. The van der Waals surface area contributed by atoms with E-state index in [-0.39, 0.29) is 0 Å². The molecule has 0 radical (unpaired) electrons.